The molecule has 108 valence electrons. The molecule has 21 heavy (non-hydrogen) atoms. The Kier molecular flexibility index (Phi) is 3.17. The number of aromatic nitrogens is 1. The number of carbonyl (C=O) groups excluding carboxylic acids is 2. The predicted octanol–water partition coefficient (Wildman–Crippen LogP) is 2.30. The summed E-state index contributed by atoms with van der Waals surface area (Å²) in [4.78, 5) is 29.8. The quantitative estimate of drug-likeness (QED) is 0.883. The number of furan rings is 1. The third kappa shape index (κ3) is 2.27. The van der Waals surface area contributed by atoms with Crippen molar-refractivity contribution in [2.45, 2.75) is 19.0 Å². The summed E-state index contributed by atoms with van der Waals surface area (Å²) in [6.07, 6.45) is 2.99. The molecule has 1 saturated heterocycles. The van der Waals surface area contributed by atoms with Crippen LogP contribution in [0.2, 0.25) is 5.02 Å². The third-order valence-electron chi connectivity index (χ3n) is 3.39. The lowest BCUT2D eigenvalue weighted by atomic mass is 9.99. The molecule has 0 bridgehead atoms. The van der Waals surface area contributed by atoms with Gasteiger partial charge in [0.25, 0.3) is 5.91 Å². The van der Waals surface area contributed by atoms with Gasteiger partial charge in [-0.1, -0.05) is 11.6 Å². The monoisotopic (exact) mass is 305 g/mol. The highest BCUT2D eigenvalue weighted by atomic mass is 35.5. The minimum absolute atomic E-state index is 0.0571. The number of nitrogens with one attached hydrogen (secondary N) is 1. The molecule has 3 amide bonds. The van der Waals surface area contributed by atoms with Gasteiger partial charge in [-0.05, 0) is 31.2 Å². The van der Waals surface area contributed by atoms with Crippen LogP contribution in [-0.4, -0.2) is 21.8 Å². The van der Waals surface area contributed by atoms with Crippen molar-refractivity contribution in [1.82, 2.24) is 15.2 Å². The number of hydrogen-bond donors (Lipinski definition) is 1. The van der Waals surface area contributed by atoms with Crippen LogP contribution in [0.3, 0.4) is 0 Å². The first-order valence-corrected chi connectivity index (χ1v) is 6.67. The molecular formula is C14H12ClN3O3. The first kappa shape index (κ1) is 13.6. The molecule has 1 unspecified atom stereocenters. The fourth-order valence-electron chi connectivity index (χ4n) is 2.27. The summed E-state index contributed by atoms with van der Waals surface area (Å²) in [6, 6.07) is 6.08. The average molecular weight is 306 g/mol. The van der Waals surface area contributed by atoms with E-state index in [4.69, 9.17) is 16.0 Å². The Bertz CT molecular complexity index is 701. The van der Waals surface area contributed by atoms with Gasteiger partial charge in [0.15, 0.2) is 5.54 Å². The first-order valence-electron chi connectivity index (χ1n) is 6.29. The normalized spacial score (nSPS) is 21.7. The lowest BCUT2D eigenvalue weighted by molar-refractivity contribution is -0.132. The van der Waals surface area contributed by atoms with Crippen molar-refractivity contribution >= 4 is 23.5 Å². The van der Waals surface area contributed by atoms with Gasteiger partial charge in [0.1, 0.15) is 5.76 Å². The van der Waals surface area contributed by atoms with E-state index in [0.717, 1.165) is 4.90 Å². The molecule has 0 aliphatic carbocycles. The van der Waals surface area contributed by atoms with Crippen LogP contribution in [0.5, 0.6) is 0 Å². The molecule has 3 heterocycles. The summed E-state index contributed by atoms with van der Waals surface area (Å²) < 4.78 is 5.26. The minimum atomic E-state index is -1.20. The van der Waals surface area contributed by atoms with Gasteiger partial charge in [0, 0.05) is 11.2 Å². The number of rotatable bonds is 3. The number of amides is 3. The maximum Gasteiger partial charge on any atom is 0.325 e. The molecule has 1 aliphatic heterocycles. The van der Waals surface area contributed by atoms with Gasteiger partial charge in [-0.2, -0.15) is 0 Å². The van der Waals surface area contributed by atoms with Gasteiger partial charge >= 0.3 is 6.03 Å². The predicted molar refractivity (Wildman–Crippen MR) is 74.4 cm³/mol. The molecule has 6 nitrogen and oxygen atoms in total. The van der Waals surface area contributed by atoms with Gasteiger partial charge in [-0.3, -0.25) is 14.7 Å². The summed E-state index contributed by atoms with van der Waals surface area (Å²) in [5.74, 6) is 0.00614. The van der Waals surface area contributed by atoms with Gasteiger partial charge in [-0.25, -0.2) is 4.79 Å². The van der Waals surface area contributed by atoms with Crippen LogP contribution in [0.4, 0.5) is 4.79 Å². The highest BCUT2D eigenvalue weighted by Gasteiger charge is 2.50. The Balaban J connectivity index is 1.88. The Morgan fingerprint density at radius 2 is 2.24 bits per heavy atom. The van der Waals surface area contributed by atoms with Gasteiger partial charge in [0.2, 0.25) is 0 Å². The van der Waals surface area contributed by atoms with E-state index in [1.165, 1.54) is 12.5 Å². The van der Waals surface area contributed by atoms with Crippen molar-refractivity contribution in [3.63, 3.8) is 0 Å². The number of urea groups is 1. The molecule has 2 aromatic heterocycles. The van der Waals surface area contributed by atoms with Crippen LogP contribution in [0, 0.1) is 0 Å². The Hall–Kier alpha value is -2.34. The van der Waals surface area contributed by atoms with E-state index in [1.807, 2.05) is 0 Å². The molecule has 1 atom stereocenters. The number of pyridine rings is 1. The van der Waals surface area contributed by atoms with Crippen molar-refractivity contribution < 1.29 is 14.0 Å². The summed E-state index contributed by atoms with van der Waals surface area (Å²) in [5.41, 5.74) is -0.659. The van der Waals surface area contributed by atoms with Gasteiger partial charge in [0.05, 0.1) is 18.5 Å². The molecule has 0 radical (unpaired) electrons. The van der Waals surface area contributed by atoms with E-state index in [2.05, 4.69) is 10.3 Å². The van der Waals surface area contributed by atoms with E-state index in [0.29, 0.717) is 16.5 Å². The molecule has 1 aliphatic rings. The van der Waals surface area contributed by atoms with Gasteiger partial charge in [-0.15, -0.1) is 0 Å². The molecule has 1 fully saturated rings. The van der Waals surface area contributed by atoms with E-state index in [9.17, 15) is 9.59 Å². The van der Waals surface area contributed by atoms with Crippen molar-refractivity contribution in [3.8, 4) is 0 Å². The highest BCUT2D eigenvalue weighted by molar-refractivity contribution is 6.30. The van der Waals surface area contributed by atoms with Crippen molar-refractivity contribution in [3.05, 3.63) is 53.2 Å². The van der Waals surface area contributed by atoms with Crippen LogP contribution >= 0.6 is 11.6 Å². The number of halogens is 1. The highest BCUT2D eigenvalue weighted by Crippen LogP contribution is 2.29. The zero-order chi connectivity index (χ0) is 15.0. The van der Waals surface area contributed by atoms with Crippen molar-refractivity contribution in [2.24, 2.45) is 0 Å². The third-order valence-corrected chi connectivity index (χ3v) is 3.62. The van der Waals surface area contributed by atoms with E-state index in [-0.39, 0.29) is 12.5 Å². The Morgan fingerprint density at radius 3 is 2.90 bits per heavy atom. The second-order valence-corrected chi connectivity index (χ2v) is 5.33. The topological polar surface area (TPSA) is 75.4 Å². The Labute approximate surface area is 125 Å². The van der Waals surface area contributed by atoms with Crippen molar-refractivity contribution in [2.75, 3.05) is 0 Å². The summed E-state index contributed by atoms with van der Waals surface area (Å²) in [7, 11) is 0. The molecule has 0 saturated carbocycles. The molecular weight excluding hydrogens is 294 g/mol. The van der Waals surface area contributed by atoms with Gasteiger partial charge < -0.3 is 9.73 Å². The van der Waals surface area contributed by atoms with Crippen LogP contribution in [0.1, 0.15) is 18.4 Å². The Morgan fingerprint density at radius 1 is 1.43 bits per heavy atom. The average Bonchev–Trinajstić information content (AvgIpc) is 3.04. The largest absolute Gasteiger partial charge is 0.466 e. The van der Waals surface area contributed by atoms with Crippen molar-refractivity contribution in [1.29, 1.82) is 0 Å². The van der Waals surface area contributed by atoms with E-state index < -0.39 is 11.6 Å². The molecule has 0 aromatic carbocycles. The smallest absolute Gasteiger partial charge is 0.325 e. The fraction of sp³-hybridized carbons (Fsp3) is 0.214. The van der Waals surface area contributed by atoms with E-state index in [1.54, 1.807) is 31.2 Å². The summed E-state index contributed by atoms with van der Waals surface area (Å²) in [6.45, 7) is 1.67. The van der Waals surface area contributed by atoms with Crippen LogP contribution in [0.25, 0.3) is 0 Å². The molecule has 7 heteroatoms. The fourth-order valence-corrected chi connectivity index (χ4v) is 2.45. The number of carbonyl (C=O) groups is 2. The lowest BCUT2D eigenvalue weighted by Gasteiger charge is -2.18. The molecule has 2 aromatic rings. The molecule has 1 N–H and O–H groups in total. The molecule has 0 spiro atoms. The number of nitrogens with zero attached hydrogens (tertiary/aromatic N) is 2. The SMILES string of the molecule is CC1(c2ccco2)NC(=O)N(Cc2cc(Cl)ccn2)C1=O. The van der Waals surface area contributed by atoms with Crippen LogP contribution in [0.15, 0.2) is 41.1 Å². The maximum atomic E-state index is 12.5. The van der Waals surface area contributed by atoms with Crippen LogP contribution in [-0.2, 0) is 16.9 Å². The number of imide groups is 1. The maximum absolute atomic E-state index is 12.5. The summed E-state index contributed by atoms with van der Waals surface area (Å²) >= 11 is 5.88. The number of hydrogen-bond acceptors (Lipinski definition) is 4. The molecule has 3 rings (SSSR count). The standard InChI is InChI=1S/C14H12ClN3O3/c1-14(11-3-2-6-21-11)12(19)18(13(20)17-14)8-10-7-9(15)4-5-16-10/h2-7H,8H2,1H3,(H,17,20). The first-order chi connectivity index (χ1) is 10.0. The second-order valence-electron chi connectivity index (χ2n) is 4.89. The van der Waals surface area contributed by atoms with Crippen LogP contribution < -0.4 is 5.32 Å². The second kappa shape index (κ2) is 4.89. The minimum Gasteiger partial charge on any atom is -0.466 e. The van der Waals surface area contributed by atoms with E-state index >= 15 is 0 Å². The lowest BCUT2D eigenvalue weighted by Crippen LogP contribution is -2.40. The summed E-state index contributed by atoms with van der Waals surface area (Å²) in [5, 5.41) is 3.15. The zero-order valence-corrected chi connectivity index (χ0v) is 11.9. The zero-order valence-electron chi connectivity index (χ0n) is 11.2.